The normalized spacial score (nSPS) is 9.30. The van der Waals surface area contributed by atoms with Crippen LogP contribution in [0.5, 0.6) is 0 Å². The van der Waals surface area contributed by atoms with Gasteiger partial charge in [0.1, 0.15) is 6.07 Å². The Morgan fingerprint density at radius 2 is 2.40 bits per heavy atom. The quantitative estimate of drug-likeness (QED) is 0.605. The first-order valence-corrected chi connectivity index (χ1v) is 4.09. The number of nitriles is 1. The van der Waals surface area contributed by atoms with E-state index >= 15 is 0 Å². The molecule has 52 valence electrons. The maximum Gasteiger partial charge on any atom is 0.100 e. The van der Waals surface area contributed by atoms with Crippen LogP contribution in [0.4, 0.5) is 0 Å². The predicted molar refractivity (Wildman–Crippen MR) is 43.1 cm³/mol. The van der Waals surface area contributed by atoms with E-state index < -0.39 is 0 Å². The molecule has 0 aliphatic rings. The van der Waals surface area contributed by atoms with Crippen LogP contribution >= 0.6 is 11.3 Å². The molecule has 1 rings (SSSR count). The molecule has 0 N–H and O–H groups in total. The van der Waals surface area contributed by atoms with Gasteiger partial charge in [-0.2, -0.15) is 5.26 Å². The largest absolute Gasteiger partial charge is 0.192 e. The van der Waals surface area contributed by atoms with Crippen molar-refractivity contribution in [1.29, 1.82) is 5.26 Å². The molecule has 1 nitrogen and oxygen atoms in total. The zero-order valence-electron chi connectivity index (χ0n) is 6.14. The van der Waals surface area contributed by atoms with Crippen LogP contribution in [-0.4, -0.2) is 0 Å². The smallest absolute Gasteiger partial charge is 0.100 e. The fourth-order valence-corrected chi connectivity index (χ4v) is 1.84. The van der Waals surface area contributed by atoms with Crippen LogP contribution in [0.25, 0.3) is 0 Å². The molecule has 0 atom stereocenters. The molecule has 0 aliphatic heterocycles. The molecule has 1 aromatic heterocycles. The SMILES string of the molecule is CCc1sc(C)cc1C#N. The lowest BCUT2D eigenvalue weighted by Crippen LogP contribution is -1.75. The maximum atomic E-state index is 8.62. The van der Waals surface area contributed by atoms with Crippen molar-refractivity contribution in [3.63, 3.8) is 0 Å². The van der Waals surface area contributed by atoms with E-state index in [1.807, 2.05) is 13.0 Å². The van der Waals surface area contributed by atoms with Gasteiger partial charge in [0.25, 0.3) is 0 Å². The molecular weight excluding hydrogens is 142 g/mol. The first kappa shape index (κ1) is 7.30. The molecule has 0 saturated carbocycles. The van der Waals surface area contributed by atoms with Crippen molar-refractivity contribution in [2.75, 3.05) is 0 Å². The summed E-state index contributed by atoms with van der Waals surface area (Å²) < 4.78 is 0. The number of thiophene rings is 1. The number of aryl methyl sites for hydroxylation is 2. The van der Waals surface area contributed by atoms with Gasteiger partial charge in [-0.15, -0.1) is 11.3 Å². The third kappa shape index (κ3) is 1.19. The lowest BCUT2D eigenvalue weighted by Gasteiger charge is -1.85. The lowest BCUT2D eigenvalue weighted by atomic mass is 10.2. The molecule has 0 radical (unpaired) electrons. The van der Waals surface area contributed by atoms with E-state index in [0.29, 0.717) is 0 Å². The summed E-state index contributed by atoms with van der Waals surface area (Å²) in [5, 5.41) is 8.62. The van der Waals surface area contributed by atoms with E-state index in [2.05, 4.69) is 13.0 Å². The standard InChI is InChI=1S/C8H9NS/c1-3-8-7(5-9)4-6(2)10-8/h4H,3H2,1-2H3. The predicted octanol–water partition coefficient (Wildman–Crippen LogP) is 2.49. The summed E-state index contributed by atoms with van der Waals surface area (Å²) in [6.45, 7) is 4.11. The van der Waals surface area contributed by atoms with Crippen molar-refractivity contribution in [2.45, 2.75) is 20.3 Å². The van der Waals surface area contributed by atoms with Gasteiger partial charge in [0.05, 0.1) is 5.56 Å². The second kappa shape index (κ2) is 2.85. The maximum absolute atomic E-state index is 8.62. The van der Waals surface area contributed by atoms with Gasteiger partial charge in [-0.1, -0.05) is 6.92 Å². The molecule has 0 unspecified atom stereocenters. The Balaban J connectivity index is 3.12. The Morgan fingerprint density at radius 1 is 1.70 bits per heavy atom. The summed E-state index contributed by atoms with van der Waals surface area (Å²) >= 11 is 1.72. The van der Waals surface area contributed by atoms with Crippen molar-refractivity contribution in [3.8, 4) is 6.07 Å². The highest BCUT2D eigenvalue weighted by atomic mass is 32.1. The van der Waals surface area contributed by atoms with Gasteiger partial charge in [0.2, 0.25) is 0 Å². The molecule has 2 heteroatoms. The van der Waals surface area contributed by atoms with Crippen LogP contribution in [-0.2, 0) is 6.42 Å². The molecule has 10 heavy (non-hydrogen) atoms. The van der Waals surface area contributed by atoms with E-state index in [0.717, 1.165) is 12.0 Å². The highest BCUT2D eigenvalue weighted by molar-refractivity contribution is 7.12. The van der Waals surface area contributed by atoms with Crippen molar-refractivity contribution < 1.29 is 0 Å². The van der Waals surface area contributed by atoms with Crippen LogP contribution in [0, 0.1) is 18.3 Å². The second-order valence-corrected chi connectivity index (χ2v) is 3.50. The lowest BCUT2D eigenvalue weighted by molar-refractivity contribution is 1.18. The van der Waals surface area contributed by atoms with Gasteiger partial charge in [-0.3, -0.25) is 0 Å². The zero-order valence-corrected chi connectivity index (χ0v) is 6.96. The Labute approximate surface area is 64.9 Å². The van der Waals surface area contributed by atoms with Crippen molar-refractivity contribution in [3.05, 3.63) is 21.4 Å². The number of hydrogen-bond acceptors (Lipinski definition) is 2. The fourth-order valence-electron chi connectivity index (χ4n) is 0.920. The van der Waals surface area contributed by atoms with Crippen LogP contribution in [0.15, 0.2) is 6.07 Å². The van der Waals surface area contributed by atoms with Gasteiger partial charge in [-0.05, 0) is 19.4 Å². The highest BCUT2D eigenvalue weighted by Crippen LogP contribution is 2.20. The fraction of sp³-hybridized carbons (Fsp3) is 0.375. The number of rotatable bonds is 1. The van der Waals surface area contributed by atoms with Gasteiger partial charge < -0.3 is 0 Å². The number of nitrogens with zero attached hydrogens (tertiary/aromatic N) is 1. The Bertz CT molecular complexity index is 267. The molecule has 0 amide bonds. The van der Waals surface area contributed by atoms with E-state index in [4.69, 9.17) is 5.26 Å². The molecule has 1 aromatic rings. The van der Waals surface area contributed by atoms with Crippen molar-refractivity contribution in [2.24, 2.45) is 0 Å². The summed E-state index contributed by atoms with van der Waals surface area (Å²) in [7, 11) is 0. The summed E-state index contributed by atoms with van der Waals surface area (Å²) in [4.78, 5) is 2.44. The first-order valence-electron chi connectivity index (χ1n) is 3.27. The summed E-state index contributed by atoms with van der Waals surface area (Å²) in [6.07, 6.45) is 0.974. The van der Waals surface area contributed by atoms with Gasteiger partial charge >= 0.3 is 0 Å². The summed E-state index contributed by atoms with van der Waals surface area (Å²) in [5.74, 6) is 0. The second-order valence-electron chi connectivity index (χ2n) is 2.16. The van der Waals surface area contributed by atoms with Gasteiger partial charge in [0, 0.05) is 9.75 Å². The monoisotopic (exact) mass is 151 g/mol. The van der Waals surface area contributed by atoms with Crippen molar-refractivity contribution in [1.82, 2.24) is 0 Å². The molecule has 0 bridgehead atoms. The van der Waals surface area contributed by atoms with Crippen LogP contribution in [0.3, 0.4) is 0 Å². The Hall–Kier alpha value is -0.810. The van der Waals surface area contributed by atoms with Crippen LogP contribution in [0.1, 0.15) is 22.2 Å². The summed E-state index contributed by atoms with van der Waals surface area (Å²) in [5.41, 5.74) is 0.852. The van der Waals surface area contributed by atoms with Gasteiger partial charge in [0.15, 0.2) is 0 Å². The third-order valence-corrected chi connectivity index (χ3v) is 2.57. The molecule has 0 spiro atoms. The summed E-state index contributed by atoms with van der Waals surface area (Å²) in [6, 6.07) is 4.13. The van der Waals surface area contributed by atoms with Crippen LogP contribution < -0.4 is 0 Å². The molecule has 1 heterocycles. The topological polar surface area (TPSA) is 23.8 Å². The van der Waals surface area contributed by atoms with E-state index in [-0.39, 0.29) is 0 Å². The van der Waals surface area contributed by atoms with Gasteiger partial charge in [-0.25, -0.2) is 0 Å². The average molecular weight is 151 g/mol. The van der Waals surface area contributed by atoms with E-state index in [9.17, 15) is 0 Å². The zero-order chi connectivity index (χ0) is 7.56. The third-order valence-electron chi connectivity index (χ3n) is 1.37. The highest BCUT2D eigenvalue weighted by Gasteiger charge is 2.02. The minimum Gasteiger partial charge on any atom is -0.192 e. The Morgan fingerprint density at radius 3 is 2.80 bits per heavy atom. The number of hydrogen-bond donors (Lipinski definition) is 0. The molecular formula is C8H9NS. The molecule has 0 aromatic carbocycles. The first-order chi connectivity index (χ1) is 4.77. The van der Waals surface area contributed by atoms with E-state index in [1.54, 1.807) is 11.3 Å². The van der Waals surface area contributed by atoms with Crippen LogP contribution in [0.2, 0.25) is 0 Å². The molecule has 0 fully saturated rings. The van der Waals surface area contributed by atoms with E-state index in [1.165, 1.54) is 9.75 Å². The average Bonchev–Trinajstić information content (AvgIpc) is 2.30. The van der Waals surface area contributed by atoms with Crippen molar-refractivity contribution >= 4 is 11.3 Å². The minimum absolute atomic E-state index is 0.852. The Kier molecular flexibility index (Phi) is 2.08. The minimum atomic E-state index is 0.852. The molecule has 0 aliphatic carbocycles. The molecule has 0 saturated heterocycles.